The lowest BCUT2D eigenvalue weighted by atomic mass is 9.69. The molecule has 1 heterocycles. The number of rotatable bonds is 5. The van der Waals surface area contributed by atoms with Crippen LogP contribution in [0.15, 0.2) is 0 Å². The van der Waals surface area contributed by atoms with E-state index in [1.54, 1.807) is 0 Å². The molecule has 21 heavy (non-hydrogen) atoms. The zero-order valence-corrected chi connectivity index (χ0v) is 15.0. The van der Waals surface area contributed by atoms with Gasteiger partial charge in [-0.2, -0.15) is 0 Å². The predicted octanol–water partition coefficient (Wildman–Crippen LogP) is 2.82. The van der Waals surface area contributed by atoms with E-state index in [0.29, 0.717) is 5.41 Å². The Kier molecular flexibility index (Phi) is 6.10. The van der Waals surface area contributed by atoms with Gasteiger partial charge in [0.15, 0.2) is 0 Å². The van der Waals surface area contributed by atoms with E-state index in [4.69, 9.17) is 0 Å². The second-order valence-electron chi connectivity index (χ2n) is 8.33. The lowest BCUT2D eigenvalue weighted by Crippen LogP contribution is -2.51. The molecule has 0 amide bonds. The molecule has 3 atom stereocenters. The molecule has 3 heteroatoms. The van der Waals surface area contributed by atoms with Crippen molar-refractivity contribution in [2.45, 2.75) is 65.0 Å². The van der Waals surface area contributed by atoms with Crippen LogP contribution in [-0.2, 0) is 0 Å². The van der Waals surface area contributed by atoms with Crippen LogP contribution >= 0.6 is 0 Å². The van der Waals surface area contributed by atoms with E-state index in [1.165, 1.54) is 51.7 Å². The van der Waals surface area contributed by atoms with Crippen molar-refractivity contribution in [2.24, 2.45) is 11.3 Å². The Bertz CT molecular complexity index is 316. The highest BCUT2D eigenvalue weighted by Gasteiger charge is 2.35. The smallest absolute Gasteiger partial charge is 0.0220 e. The molecule has 0 spiro atoms. The normalized spacial score (nSPS) is 34.3. The van der Waals surface area contributed by atoms with Gasteiger partial charge >= 0.3 is 0 Å². The first kappa shape index (κ1) is 17.2. The number of hydrogen-bond acceptors (Lipinski definition) is 3. The number of nitrogens with zero attached hydrogens (tertiary/aromatic N) is 2. The lowest BCUT2D eigenvalue weighted by Gasteiger charge is -2.44. The Hall–Kier alpha value is -0.120. The van der Waals surface area contributed by atoms with Gasteiger partial charge in [0.2, 0.25) is 0 Å². The molecule has 0 aromatic rings. The number of piperidine rings is 1. The van der Waals surface area contributed by atoms with Crippen LogP contribution in [-0.4, -0.2) is 62.2 Å². The van der Waals surface area contributed by atoms with Gasteiger partial charge < -0.3 is 15.1 Å². The fraction of sp³-hybridized carbons (Fsp3) is 1.00. The number of hydrogen-bond donors (Lipinski definition) is 1. The summed E-state index contributed by atoms with van der Waals surface area (Å²) in [6, 6.07) is 1.49. The maximum atomic E-state index is 3.75. The first-order valence-electron chi connectivity index (χ1n) is 9.03. The van der Waals surface area contributed by atoms with Gasteiger partial charge in [0.25, 0.3) is 0 Å². The van der Waals surface area contributed by atoms with Gasteiger partial charge in [-0.1, -0.05) is 20.8 Å². The van der Waals surface area contributed by atoms with Crippen molar-refractivity contribution in [1.29, 1.82) is 0 Å². The maximum absolute atomic E-state index is 3.75. The van der Waals surface area contributed by atoms with Crippen molar-refractivity contribution in [1.82, 2.24) is 15.1 Å². The topological polar surface area (TPSA) is 18.5 Å². The van der Waals surface area contributed by atoms with Crippen LogP contribution in [0.25, 0.3) is 0 Å². The summed E-state index contributed by atoms with van der Waals surface area (Å²) in [6.07, 6.45) is 6.83. The molecule has 3 nitrogen and oxygen atoms in total. The van der Waals surface area contributed by atoms with Gasteiger partial charge in [0, 0.05) is 25.2 Å². The molecule has 1 saturated heterocycles. The van der Waals surface area contributed by atoms with Crippen LogP contribution in [0.2, 0.25) is 0 Å². The fourth-order valence-electron chi connectivity index (χ4n) is 4.48. The molecule has 1 aliphatic heterocycles. The van der Waals surface area contributed by atoms with Crippen molar-refractivity contribution in [2.75, 3.05) is 40.3 Å². The second-order valence-corrected chi connectivity index (χ2v) is 8.33. The van der Waals surface area contributed by atoms with Crippen LogP contribution < -0.4 is 5.32 Å². The highest BCUT2D eigenvalue weighted by Crippen LogP contribution is 2.39. The summed E-state index contributed by atoms with van der Waals surface area (Å²) in [4.78, 5) is 5.16. The minimum atomic E-state index is 0.529. The molecule has 0 aromatic carbocycles. The van der Waals surface area contributed by atoms with E-state index in [0.717, 1.165) is 24.5 Å². The highest BCUT2D eigenvalue weighted by molar-refractivity contribution is 4.91. The number of nitrogens with one attached hydrogen (secondary N) is 1. The third kappa shape index (κ3) is 4.94. The molecule has 0 aromatic heterocycles. The van der Waals surface area contributed by atoms with Crippen molar-refractivity contribution in [3.63, 3.8) is 0 Å². The molecule has 1 N–H and O–H groups in total. The second kappa shape index (κ2) is 7.43. The molecule has 1 aliphatic carbocycles. The van der Waals surface area contributed by atoms with E-state index in [9.17, 15) is 0 Å². The molecule has 2 rings (SSSR count). The molecule has 124 valence electrons. The minimum Gasteiger partial charge on any atom is -0.314 e. The van der Waals surface area contributed by atoms with Gasteiger partial charge in [-0.15, -0.1) is 0 Å². The first-order chi connectivity index (χ1) is 9.91. The lowest BCUT2D eigenvalue weighted by molar-refractivity contribution is 0.0719. The zero-order chi connectivity index (χ0) is 15.5. The van der Waals surface area contributed by atoms with E-state index in [1.807, 2.05) is 0 Å². The molecule has 0 bridgehead atoms. The van der Waals surface area contributed by atoms with Gasteiger partial charge in [-0.3, -0.25) is 0 Å². The summed E-state index contributed by atoms with van der Waals surface area (Å²) in [5.41, 5.74) is 0.529. The van der Waals surface area contributed by atoms with Crippen LogP contribution in [0.1, 0.15) is 52.9 Å². The monoisotopic (exact) mass is 295 g/mol. The Morgan fingerprint density at radius 2 is 2.05 bits per heavy atom. The van der Waals surface area contributed by atoms with Crippen LogP contribution in [0, 0.1) is 11.3 Å². The van der Waals surface area contributed by atoms with Crippen molar-refractivity contribution in [3.05, 3.63) is 0 Å². The van der Waals surface area contributed by atoms with Crippen LogP contribution in [0.3, 0.4) is 0 Å². The summed E-state index contributed by atoms with van der Waals surface area (Å²) < 4.78 is 0. The molecule has 2 fully saturated rings. The molecular formula is C18H37N3. The maximum Gasteiger partial charge on any atom is 0.0220 e. The third-order valence-electron chi connectivity index (χ3n) is 5.73. The molecule has 3 unspecified atom stereocenters. The average molecular weight is 296 g/mol. The van der Waals surface area contributed by atoms with E-state index in [-0.39, 0.29) is 0 Å². The molecule has 2 aliphatic rings. The fourth-order valence-corrected chi connectivity index (χ4v) is 4.48. The van der Waals surface area contributed by atoms with Crippen molar-refractivity contribution >= 4 is 0 Å². The molecular weight excluding hydrogens is 258 g/mol. The summed E-state index contributed by atoms with van der Waals surface area (Å²) in [5.74, 6) is 0.811. The average Bonchev–Trinajstić information content (AvgIpc) is 2.41. The summed E-state index contributed by atoms with van der Waals surface area (Å²) >= 11 is 0. The largest absolute Gasteiger partial charge is 0.314 e. The first-order valence-corrected chi connectivity index (χ1v) is 9.03. The van der Waals surface area contributed by atoms with Gasteiger partial charge in [-0.05, 0) is 70.6 Å². The van der Waals surface area contributed by atoms with Gasteiger partial charge in [0.05, 0.1) is 0 Å². The Labute approximate surface area is 132 Å². The van der Waals surface area contributed by atoms with E-state index in [2.05, 4.69) is 50.0 Å². The SMILES string of the molecule is CCNC1CCC(C)(C)CC1CN(C)C1CCCN(C)C1. The molecule has 0 radical (unpaired) electrons. The summed E-state index contributed by atoms with van der Waals surface area (Å²) in [7, 11) is 4.62. The van der Waals surface area contributed by atoms with Crippen molar-refractivity contribution < 1.29 is 0 Å². The number of likely N-dealkylation sites (tertiary alicyclic amines) is 1. The summed E-state index contributed by atoms with van der Waals surface area (Å²) in [6.45, 7) is 12.1. The van der Waals surface area contributed by atoms with Crippen LogP contribution in [0.4, 0.5) is 0 Å². The standard InChI is InChI=1S/C18H37N3/c1-6-19-17-9-10-18(2,3)12-15(17)13-21(5)16-8-7-11-20(4)14-16/h15-17,19H,6-14H2,1-5H3. The van der Waals surface area contributed by atoms with Gasteiger partial charge in [0.1, 0.15) is 0 Å². The third-order valence-corrected chi connectivity index (χ3v) is 5.73. The predicted molar refractivity (Wildman–Crippen MR) is 91.7 cm³/mol. The zero-order valence-electron chi connectivity index (χ0n) is 15.0. The van der Waals surface area contributed by atoms with E-state index >= 15 is 0 Å². The highest BCUT2D eigenvalue weighted by atomic mass is 15.2. The Balaban J connectivity index is 1.93. The van der Waals surface area contributed by atoms with Crippen molar-refractivity contribution in [3.8, 4) is 0 Å². The van der Waals surface area contributed by atoms with Crippen LogP contribution in [0.5, 0.6) is 0 Å². The van der Waals surface area contributed by atoms with Gasteiger partial charge in [-0.25, -0.2) is 0 Å². The quantitative estimate of drug-likeness (QED) is 0.841. The Morgan fingerprint density at radius 1 is 1.29 bits per heavy atom. The Morgan fingerprint density at radius 3 is 2.71 bits per heavy atom. The minimum absolute atomic E-state index is 0.529. The molecule has 1 saturated carbocycles. The van der Waals surface area contributed by atoms with E-state index < -0.39 is 0 Å². The summed E-state index contributed by atoms with van der Waals surface area (Å²) in [5, 5.41) is 3.75. The number of likely N-dealkylation sites (N-methyl/N-ethyl adjacent to an activating group) is 2.